The van der Waals surface area contributed by atoms with Gasteiger partial charge in [0.05, 0.1) is 0 Å². The number of carbonyl (C=O) groups excluding carboxylic acids is 1. The van der Waals surface area contributed by atoms with Crippen molar-refractivity contribution in [3.05, 3.63) is 35.9 Å². The number of hydrogen-bond acceptors (Lipinski definition) is 6. The summed E-state index contributed by atoms with van der Waals surface area (Å²) in [5.74, 6) is 0.457. The van der Waals surface area contributed by atoms with E-state index in [1.54, 1.807) is 25.1 Å². The Morgan fingerprint density at radius 2 is 1.80 bits per heavy atom. The lowest BCUT2D eigenvalue weighted by molar-refractivity contribution is 0.0161. The van der Waals surface area contributed by atoms with Crippen LogP contribution in [0.25, 0.3) is 0 Å². The van der Waals surface area contributed by atoms with Crippen LogP contribution in [0.3, 0.4) is 0 Å². The van der Waals surface area contributed by atoms with Crippen LogP contribution in [0.1, 0.15) is 43.1 Å². The van der Waals surface area contributed by atoms with Crippen molar-refractivity contribution in [3.8, 4) is 11.5 Å². The molecule has 0 aliphatic carbocycles. The van der Waals surface area contributed by atoms with Crippen molar-refractivity contribution in [2.24, 2.45) is 0 Å². The Hall–Kier alpha value is -2.05. The Morgan fingerprint density at radius 3 is 2.40 bits per heavy atom. The van der Waals surface area contributed by atoms with E-state index in [1.165, 1.54) is 0 Å². The minimum atomic E-state index is -0.449. The second kappa shape index (κ2) is 11.5. The second-order valence-electron chi connectivity index (χ2n) is 5.36. The molecule has 0 radical (unpaired) electrons. The molecule has 6 nitrogen and oxygen atoms in total. The average Bonchev–Trinajstić information content (AvgIpc) is 2.55. The largest absolute Gasteiger partial charge is 0.467 e. The van der Waals surface area contributed by atoms with E-state index in [2.05, 4.69) is 6.58 Å². The Labute approximate surface area is 149 Å². The van der Waals surface area contributed by atoms with Gasteiger partial charge in [0, 0.05) is 25.7 Å². The van der Waals surface area contributed by atoms with E-state index < -0.39 is 5.97 Å². The molecule has 0 saturated carbocycles. The quantitative estimate of drug-likeness (QED) is 0.246. The Bertz CT molecular complexity index is 555. The molecule has 0 saturated heterocycles. The molecule has 1 aromatic rings. The minimum Gasteiger partial charge on any atom is -0.467 e. The molecule has 0 spiro atoms. The van der Waals surface area contributed by atoms with E-state index in [0.29, 0.717) is 42.3 Å². The van der Waals surface area contributed by atoms with Crippen LogP contribution in [0.4, 0.5) is 0 Å². The van der Waals surface area contributed by atoms with Crippen molar-refractivity contribution in [1.29, 1.82) is 0 Å². The number of esters is 1. The molecule has 140 valence electrons. The Morgan fingerprint density at radius 1 is 1.16 bits per heavy atom. The molecular formula is C19H28O6. The van der Waals surface area contributed by atoms with Crippen molar-refractivity contribution >= 4 is 5.97 Å². The minimum absolute atomic E-state index is 0.0351. The summed E-state index contributed by atoms with van der Waals surface area (Å²) in [5, 5.41) is 0. The number of ether oxygens (including phenoxy) is 5. The van der Waals surface area contributed by atoms with Gasteiger partial charge in [-0.15, -0.1) is 6.58 Å². The predicted molar refractivity (Wildman–Crippen MR) is 95.1 cm³/mol. The highest BCUT2D eigenvalue weighted by Crippen LogP contribution is 2.30. The van der Waals surface area contributed by atoms with Gasteiger partial charge in [0.1, 0.15) is 23.2 Å². The van der Waals surface area contributed by atoms with Gasteiger partial charge in [0.2, 0.25) is 0 Å². The molecule has 0 aliphatic heterocycles. The molecule has 0 fully saturated rings. The van der Waals surface area contributed by atoms with Crippen LogP contribution in [0, 0.1) is 6.92 Å². The summed E-state index contributed by atoms with van der Waals surface area (Å²) in [6, 6.07) is 3.39. The number of aryl methyl sites for hydroxylation is 1. The van der Waals surface area contributed by atoms with E-state index in [4.69, 9.17) is 23.7 Å². The van der Waals surface area contributed by atoms with Gasteiger partial charge in [-0.1, -0.05) is 6.08 Å². The molecular weight excluding hydrogens is 324 g/mol. The Kier molecular flexibility index (Phi) is 9.65. The molecule has 0 heterocycles. The molecule has 1 atom stereocenters. The third kappa shape index (κ3) is 7.15. The van der Waals surface area contributed by atoms with Crippen LogP contribution in [0.15, 0.2) is 24.8 Å². The normalized spacial score (nSPS) is 11.7. The van der Waals surface area contributed by atoms with Crippen molar-refractivity contribution in [1.82, 2.24) is 0 Å². The van der Waals surface area contributed by atoms with E-state index in [1.807, 2.05) is 20.8 Å². The second-order valence-corrected chi connectivity index (χ2v) is 5.36. The summed E-state index contributed by atoms with van der Waals surface area (Å²) in [4.78, 5) is 12.5. The number of benzene rings is 1. The van der Waals surface area contributed by atoms with Gasteiger partial charge >= 0.3 is 5.97 Å². The summed E-state index contributed by atoms with van der Waals surface area (Å²) in [6.07, 6.45) is 2.02. The van der Waals surface area contributed by atoms with Crippen molar-refractivity contribution in [2.75, 3.05) is 26.8 Å². The first-order chi connectivity index (χ1) is 12.0. The first kappa shape index (κ1) is 21.0. The highest BCUT2D eigenvalue weighted by atomic mass is 16.7. The number of carbonyl (C=O) groups is 1. The molecule has 1 aromatic carbocycles. The summed E-state index contributed by atoms with van der Waals surface area (Å²) < 4.78 is 27.0. The topological polar surface area (TPSA) is 63.2 Å². The van der Waals surface area contributed by atoms with Gasteiger partial charge in [0.25, 0.3) is 0 Å². The summed E-state index contributed by atoms with van der Waals surface area (Å²) in [6.45, 7) is 12.2. The fourth-order valence-corrected chi connectivity index (χ4v) is 2.09. The summed E-state index contributed by atoms with van der Waals surface area (Å²) >= 11 is 0. The van der Waals surface area contributed by atoms with E-state index in [0.717, 1.165) is 0 Å². The first-order valence-electron chi connectivity index (χ1n) is 8.41. The van der Waals surface area contributed by atoms with Crippen LogP contribution < -0.4 is 9.47 Å². The van der Waals surface area contributed by atoms with Gasteiger partial charge in [-0.3, -0.25) is 0 Å². The van der Waals surface area contributed by atoms with Gasteiger partial charge in [-0.25, -0.2) is 4.79 Å². The molecule has 0 amide bonds. The molecule has 0 aliphatic rings. The molecule has 0 aromatic heterocycles. The number of hydrogen-bond donors (Lipinski definition) is 0. The monoisotopic (exact) mass is 352 g/mol. The van der Waals surface area contributed by atoms with E-state index in [9.17, 15) is 4.79 Å². The summed E-state index contributed by atoms with van der Waals surface area (Å²) in [7, 11) is 0. The van der Waals surface area contributed by atoms with Crippen LogP contribution in [0.5, 0.6) is 11.5 Å². The van der Waals surface area contributed by atoms with Crippen molar-refractivity contribution < 1.29 is 28.5 Å². The highest BCUT2D eigenvalue weighted by molar-refractivity contribution is 5.94. The van der Waals surface area contributed by atoms with E-state index >= 15 is 0 Å². The third-order valence-electron chi connectivity index (χ3n) is 3.30. The fourth-order valence-electron chi connectivity index (χ4n) is 2.09. The standard InChI is InChI=1S/C19H28O6/c1-6-9-15(5)25-19(20)18-14(4)10-16(23-12-21-7-2)11-17(18)24-13-22-8-3/h6,10-11,15H,1,7-9,12-13H2,2-5H3/t15-/m1/s1. The highest BCUT2D eigenvalue weighted by Gasteiger charge is 2.21. The van der Waals surface area contributed by atoms with Crippen LogP contribution >= 0.6 is 0 Å². The van der Waals surface area contributed by atoms with Crippen LogP contribution in [0.2, 0.25) is 0 Å². The van der Waals surface area contributed by atoms with Crippen LogP contribution in [-0.4, -0.2) is 38.9 Å². The third-order valence-corrected chi connectivity index (χ3v) is 3.30. The zero-order valence-electron chi connectivity index (χ0n) is 15.5. The van der Waals surface area contributed by atoms with Crippen LogP contribution in [-0.2, 0) is 14.2 Å². The number of rotatable bonds is 12. The molecule has 25 heavy (non-hydrogen) atoms. The maximum Gasteiger partial charge on any atom is 0.342 e. The zero-order valence-corrected chi connectivity index (χ0v) is 15.5. The SMILES string of the molecule is C=CC[C@@H](C)OC(=O)c1c(C)cc(OCOCC)cc1OCOCC. The average molecular weight is 352 g/mol. The summed E-state index contributed by atoms with van der Waals surface area (Å²) in [5.41, 5.74) is 1.05. The van der Waals surface area contributed by atoms with Crippen molar-refractivity contribution in [2.45, 2.75) is 40.2 Å². The zero-order chi connectivity index (χ0) is 18.7. The van der Waals surface area contributed by atoms with Crippen molar-refractivity contribution in [3.63, 3.8) is 0 Å². The maximum atomic E-state index is 12.5. The molecule has 0 unspecified atom stereocenters. The molecule has 6 heteroatoms. The lowest BCUT2D eigenvalue weighted by atomic mass is 10.1. The maximum absolute atomic E-state index is 12.5. The van der Waals surface area contributed by atoms with Gasteiger partial charge < -0.3 is 23.7 Å². The Balaban J connectivity index is 3.02. The fraction of sp³-hybridized carbons (Fsp3) is 0.526. The lowest BCUT2D eigenvalue weighted by Gasteiger charge is -2.17. The predicted octanol–water partition coefficient (Wildman–Crippen LogP) is 3.86. The first-order valence-corrected chi connectivity index (χ1v) is 8.41. The molecule has 0 N–H and O–H groups in total. The molecule has 1 rings (SSSR count). The molecule has 0 bridgehead atoms. The van der Waals surface area contributed by atoms with Gasteiger partial charge in [-0.2, -0.15) is 0 Å². The lowest BCUT2D eigenvalue weighted by Crippen LogP contribution is -2.17. The van der Waals surface area contributed by atoms with E-state index in [-0.39, 0.29) is 19.7 Å². The smallest absolute Gasteiger partial charge is 0.342 e. The van der Waals surface area contributed by atoms with Gasteiger partial charge in [0.15, 0.2) is 13.6 Å². The van der Waals surface area contributed by atoms with Gasteiger partial charge in [-0.05, 0) is 39.3 Å².